The van der Waals surface area contributed by atoms with Crippen LogP contribution in [0.2, 0.25) is 0 Å². The fraction of sp³-hybridized carbons (Fsp3) is 0.545. The Morgan fingerprint density at radius 3 is 2.79 bits per heavy atom. The van der Waals surface area contributed by atoms with Crippen LogP contribution >= 0.6 is 0 Å². The smallest absolute Gasteiger partial charge is 0.308 e. The van der Waals surface area contributed by atoms with Crippen LogP contribution in [0.5, 0.6) is 0 Å². The van der Waals surface area contributed by atoms with Crippen molar-refractivity contribution >= 4 is 11.7 Å². The lowest BCUT2D eigenvalue weighted by Gasteiger charge is -2.13. The molecule has 3 unspecified atom stereocenters. The largest absolute Gasteiger partial charge is 0.434 e. The van der Waals surface area contributed by atoms with Gasteiger partial charge in [0.1, 0.15) is 0 Å². The summed E-state index contributed by atoms with van der Waals surface area (Å²) in [7, 11) is 0. The van der Waals surface area contributed by atoms with Gasteiger partial charge >= 0.3 is 6.18 Å². The Morgan fingerprint density at radius 1 is 1.37 bits per heavy atom. The van der Waals surface area contributed by atoms with Gasteiger partial charge in [0, 0.05) is 6.04 Å². The van der Waals surface area contributed by atoms with E-state index in [1.165, 1.54) is 0 Å². The van der Waals surface area contributed by atoms with Crippen LogP contribution in [-0.4, -0.2) is 28.0 Å². The summed E-state index contributed by atoms with van der Waals surface area (Å²) in [4.78, 5) is 18.6. The monoisotopic (exact) mass is 272 g/mol. The van der Waals surface area contributed by atoms with Gasteiger partial charge in [0.25, 0.3) is 0 Å². The number of halogens is 3. The number of fused-ring (bicyclic) bond motifs is 1. The highest BCUT2D eigenvalue weighted by atomic mass is 19.4. The molecule has 2 heterocycles. The van der Waals surface area contributed by atoms with Gasteiger partial charge < -0.3 is 10.6 Å². The number of carbonyl (C=O) groups excluding carboxylic acids is 1. The SMILES string of the molecule is O=C(Nc1cncc(C(F)(F)F)n1)C1CC2CC2N1. The van der Waals surface area contributed by atoms with Crippen molar-refractivity contribution < 1.29 is 18.0 Å². The molecule has 102 valence electrons. The van der Waals surface area contributed by atoms with E-state index >= 15 is 0 Å². The number of alkyl halides is 3. The standard InChI is InChI=1S/C11H11F3N4O/c12-11(13,14)8-3-15-4-9(17-8)18-10(19)7-2-5-1-6(5)16-7/h3-7,16H,1-2H2,(H,17,18,19). The average molecular weight is 272 g/mol. The van der Waals surface area contributed by atoms with Crippen molar-refractivity contribution in [3.8, 4) is 0 Å². The van der Waals surface area contributed by atoms with E-state index in [0.717, 1.165) is 19.0 Å². The van der Waals surface area contributed by atoms with Gasteiger partial charge in [-0.3, -0.25) is 9.78 Å². The van der Waals surface area contributed by atoms with E-state index in [-0.39, 0.29) is 17.8 Å². The Kier molecular flexibility index (Phi) is 2.70. The summed E-state index contributed by atoms with van der Waals surface area (Å²) in [5.41, 5.74) is -1.12. The molecule has 1 saturated heterocycles. The van der Waals surface area contributed by atoms with Crippen molar-refractivity contribution in [2.24, 2.45) is 5.92 Å². The van der Waals surface area contributed by atoms with E-state index in [4.69, 9.17) is 0 Å². The Hall–Kier alpha value is -1.70. The molecule has 5 nitrogen and oxygen atoms in total. The lowest BCUT2D eigenvalue weighted by Crippen LogP contribution is -2.38. The molecular formula is C11H11F3N4O. The van der Waals surface area contributed by atoms with Crippen molar-refractivity contribution in [1.82, 2.24) is 15.3 Å². The molecule has 1 aliphatic heterocycles. The fourth-order valence-electron chi connectivity index (χ4n) is 2.30. The third-order valence-electron chi connectivity index (χ3n) is 3.37. The number of rotatable bonds is 2. The van der Waals surface area contributed by atoms with Crippen molar-refractivity contribution in [2.75, 3.05) is 5.32 Å². The first-order valence-corrected chi connectivity index (χ1v) is 5.89. The van der Waals surface area contributed by atoms with E-state index in [1.54, 1.807) is 0 Å². The molecule has 1 amide bonds. The molecule has 0 bridgehead atoms. The van der Waals surface area contributed by atoms with Gasteiger partial charge in [0.15, 0.2) is 11.5 Å². The lowest BCUT2D eigenvalue weighted by atomic mass is 10.2. The van der Waals surface area contributed by atoms with Crippen molar-refractivity contribution in [2.45, 2.75) is 31.1 Å². The third-order valence-corrected chi connectivity index (χ3v) is 3.37. The molecule has 1 aliphatic carbocycles. The van der Waals surface area contributed by atoms with Gasteiger partial charge in [-0.2, -0.15) is 13.2 Å². The summed E-state index contributed by atoms with van der Waals surface area (Å²) in [5.74, 6) is -0.00799. The molecule has 3 atom stereocenters. The molecule has 2 N–H and O–H groups in total. The summed E-state index contributed by atoms with van der Waals surface area (Å²) >= 11 is 0. The third kappa shape index (κ3) is 2.53. The van der Waals surface area contributed by atoms with Gasteiger partial charge in [-0.15, -0.1) is 0 Å². The van der Waals surface area contributed by atoms with Crippen molar-refractivity contribution in [3.05, 3.63) is 18.1 Å². The molecule has 19 heavy (non-hydrogen) atoms. The fourth-order valence-corrected chi connectivity index (χ4v) is 2.30. The first-order chi connectivity index (χ1) is 8.93. The van der Waals surface area contributed by atoms with Crippen LogP contribution in [-0.2, 0) is 11.0 Å². The van der Waals surface area contributed by atoms with Gasteiger partial charge in [0.2, 0.25) is 5.91 Å². The topological polar surface area (TPSA) is 66.9 Å². The second-order valence-electron chi connectivity index (χ2n) is 4.83. The number of amides is 1. The highest BCUT2D eigenvalue weighted by Crippen LogP contribution is 2.40. The summed E-state index contributed by atoms with van der Waals surface area (Å²) in [6.45, 7) is 0. The van der Waals surface area contributed by atoms with Gasteiger partial charge in [-0.05, 0) is 18.8 Å². The second kappa shape index (κ2) is 4.16. The molecule has 2 aliphatic rings. The van der Waals surface area contributed by atoms with Crippen LogP contribution in [0.15, 0.2) is 12.4 Å². The highest BCUT2D eigenvalue weighted by molar-refractivity contribution is 5.94. The van der Waals surface area contributed by atoms with E-state index in [0.29, 0.717) is 18.2 Å². The van der Waals surface area contributed by atoms with Crippen LogP contribution in [0, 0.1) is 5.92 Å². The molecule has 1 aromatic rings. The van der Waals surface area contributed by atoms with E-state index in [1.807, 2.05) is 0 Å². The Bertz CT molecular complexity index is 509. The van der Waals surface area contributed by atoms with Crippen LogP contribution in [0.3, 0.4) is 0 Å². The van der Waals surface area contributed by atoms with Crippen molar-refractivity contribution in [1.29, 1.82) is 0 Å². The number of aromatic nitrogens is 2. The van der Waals surface area contributed by atoms with Crippen LogP contribution in [0.25, 0.3) is 0 Å². The maximum atomic E-state index is 12.4. The number of hydrogen-bond acceptors (Lipinski definition) is 4. The molecule has 3 rings (SSSR count). The number of nitrogens with one attached hydrogen (secondary N) is 2. The van der Waals surface area contributed by atoms with Gasteiger partial charge in [-0.1, -0.05) is 0 Å². The zero-order valence-corrected chi connectivity index (χ0v) is 9.74. The van der Waals surface area contributed by atoms with Crippen molar-refractivity contribution in [3.63, 3.8) is 0 Å². The zero-order valence-electron chi connectivity index (χ0n) is 9.74. The molecular weight excluding hydrogens is 261 g/mol. The molecule has 0 radical (unpaired) electrons. The van der Waals surface area contributed by atoms with E-state index < -0.39 is 11.9 Å². The Balaban J connectivity index is 1.67. The molecule has 1 saturated carbocycles. The van der Waals surface area contributed by atoms with Crippen LogP contribution < -0.4 is 10.6 Å². The number of anilines is 1. The molecule has 2 fully saturated rings. The summed E-state index contributed by atoms with van der Waals surface area (Å²) in [6.07, 6.45) is -1.04. The maximum absolute atomic E-state index is 12.4. The number of hydrogen-bond donors (Lipinski definition) is 2. The average Bonchev–Trinajstić information content (AvgIpc) is 2.95. The molecule has 0 aromatic carbocycles. The summed E-state index contributed by atoms with van der Waals surface area (Å²) < 4.78 is 37.3. The molecule has 1 aromatic heterocycles. The lowest BCUT2D eigenvalue weighted by molar-refractivity contribution is -0.141. The Labute approximate surface area is 106 Å². The normalized spacial score (nSPS) is 28.9. The predicted octanol–water partition coefficient (Wildman–Crippen LogP) is 1.18. The maximum Gasteiger partial charge on any atom is 0.434 e. The quantitative estimate of drug-likeness (QED) is 0.848. The minimum atomic E-state index is -4.57. The molecule has 0 spiro atoms. The summed E-state index contributed by atoms with van der Waals surface area (Å²) in [5, 5.41) is 5.47. The number of carbonyl (C=O) groups is 1. The minimum absolute atomic E-state index is 0.179. The Morgan fingerprint density at radius 2 is 2.16 bits per heavy atom. The first kappa shape index (κ1) is 12.3. The number of piperidine rings is 1. The van der Waals surface area contributed by atoms with E-state index in [2.05, 4.69) is 20.6 Å². The van der Waals surface area contributed by atoms with E-state index in [9.17, 15) is 18.0 Å². The van der Waals surface area contributed by atoms with Gasteiger partial charge in [-0.25, -0.2) is 4.98 Å². The van der Waals surface area contributed by atoms with Gasteiger partial charge in [0.05, 0.1) is 18.4 Å². The van der Waals surface area contributed by atoms with Crippen LogP contribution in [0.4, 0.5) is 19.0 Å². The predicted molar refractivity (Wildman–Crippen MR) is 59.1 cm³/mol. The summed E-state index contributed by atoms with van der Waals surface area (Å²) in [6, 6.07) is 0.0448. The first-order valence-electron chi connectivity index (χ1n) is 5.89. The molecule has 8 heteroatoms. The minimum Gasteiger partial charge on any atom is -0.308 e. The zero-order chi connectivity index (χ0) is 13.6. The highest BCUT2D eigenvalue weighted by Gasteiger charge is 2.47. The number of nitrogens with zero attached hydrogens (tertiary/aromatic N) is 2. The van der Waals surface area contributed by atoms with Crippen LogP contribution in [0.1, 0.15) is 18.5 Å². The second-order valence-corrected chi connectivity index (χ2v) is 4.83.